The van der Waals surface area contributed by atoms with Gasteiger partial charge in [0.05, 0.1) is 5.39 Å². The summed E-state index contributed by atoms with van der Waals surface area (Å²) in [6.07, 6.45) is 4.29. The van der Waals surface area contributed by atoms with Gasteiger partial charge in [0.2, 0.25) is 0 Å². The number of amides is 1. The molecule has 1 aromatic heterocycles. The number of hydrogen-bond acceptors (Lipinski definition) is 3. The molecule has 0 spiro atoms. The Balaban J connectivity index is 1.93. The SMILES string of the molecule is Cc1ccc2cc(C(=O)NC3CCCC3)oc(=O)c2c1. The van der Waals surface area contributed by atoms with Crippen molar-refractivity contribution in [1.29, 1.82) is 0 Å². The molecule has 3 rings (SSSR count). The molecular formula is C16H17NO3. The molecule has 20 heavy (non-hydrogen) atoms. The van der Waals surface area contributed by atoms with Crippen LogP contribution in [0.15, 0.2) is 33.5 Å². The number of hydrogen-bond donors (Lipinski definition) is 1. The van der Waals surface area contributed by atoms with Crippen LogP contribution in [0.2, 0.25) is 0 Å². The first kappa shape index (κ1) is 12.9. The first-order valence-electron chi connectivity index (χ1n) is 6.99. The summed E-state index contributed by atoms with van der Waals surface area (Å²) in [7, 11) is 0. The van der Waals surface area contributed by atoms with Gasteiger partial charge in [-0.3, -0.25) is 4.79 Å². The highest BCUT2D eigenvalue weighted by Gasteiger charge is 2.20. The van der Waals surface area contributed by atoms with Crippen LogP contribution in [-0.4, -0.2) is 11.9 Å². The average molecular weight is 271 g/mol. The summed E-state index contributed by atoms with van der Waals surface area (Å²) in [6, 6.07) is 7.38. The Morgan fingerprint density at radius 1 is 1.25 bits per heavy atom. The zero-order valence-electron chi connectivity index (χ0n) is 11.4. The molecule has 1 aromatic carbocycles. The van der Waals surface area contributed by atoms with E-state index in [2.05, 4.69) is 5.32 Å². The third-order valence-electron chi connectivity index (χ3n) is 3.83. The Hall–Kier alpha value is -2.10. The molecule has 0 aliphatic heterocycles. The smallest absolute Gasteiger partial charge is 0.344 e. The molecule has 0 bridgehead atoms. The summed E-state index contributed by atoms with van der Waals surface area (Å²) >= 11 is 0. The Bertz CT molecular complexity index is 711. The highest BCUT2D eigenvalue weighted by molar-refractivity contribution is 5.95. The number of fused-ring (bicyclic) bond motifs is 1. The first-order valence-corrected chi connectivity index (χ1v) is 6.99. The van der Waals surface area contributed by atoms with Crippen molar-refractivity contribution in [2.24, 2.45) is 0 Å². The van der Waals surface area contributed by atoms with Gasteiger partial charge in [0.25, 0.3) is 5.91 Å². The summed E-state index contributed by atoms with van der Waals surface area (Å²) in [4.78, 5) is 24.1. The Morgan fingerprint density at radius 2 is 2.00 bits per heavy atom. The maximum atomic E-state index is 12.1. The lowest BCUT2D eigenvalue weighted by atomic mass is 10.1. The Kier molecular flexibility index (Phi) is 3.30. The van der Waals surface area contributed by atoms with E-state index in [1.807, 2.05) is 19.1 Å². The second kappa shape index (κ2) is 5.12. The van der Waals surface area contributed by atoms with Gasteiger partial charge in [0.1, 0.15) is 0 Å². The monoisotopic (exact) mass is 271 g/mol. The molecule has 0 unspecified atom stereocenters. The Morgan fingerprint density at radius 3 is 2.75 bits per heavy atom. The van der Waals surface area contributed by atoms with E-state index in [1.54, 1.807) is 12.1 Å². The van der Waals surface area contributed by atoms with E-state index in [0.717, 1.165) is 36.6 Å². The Labute approximate surface area is 116 Å². The van der Waals surface area contributed by atoms with Crippen molar-refractivity contribution < 1.29 is 9.21 Å². The third kappa shape index (κ3) is 2.46. The van der Waals surface area contributed by atoms with Crippen molar-refractivity contribution in [3.63, 3.8) is 0 Å². The van der Waals surface area contributed by atoms with Crippen LogP contribution in [0.4, 0.5) is 0 Å². The topological polar surface area (TPSA) is 59.3 Å². The predicted molar refractivity (Wildman–Crippen MR) is 76.9 cm³/mol. The summed E-state index contributed by atoms with van der Waals surface area (Å²) in [6.45, 7) is 1.92. The molecule has 1 aliphatic rings. The van der Waals surface area contributed by atoms with Crippen molar-refractivity contribution in [3.05, 3.63) is 46.0 Å². The molecule has 1 fully saturated rings. The van der Waals surface area contributed by atoms with Crippen LogP contribution in [-0.2, 0) is 0 Å². The quantitative estimate of drug-likeness (QED) is 0.913. The molecule has 1 amide bonds. The predicted octanol–water partition coefficient (Wildman–Crippen LogP) is 2.77. The lowest BCUT2D eigenvalue weighted by molar-refractivity contribution is 0.0906. The highest BCUT2D eigenvalue weighted by atomic mass is 16.4. The molecule has 1 heterocycles. The molecule has 4 nitrogen and oxygen atoms in total. The van der Waals surface area contributed by atoms with Crippen molar-refractivity contribution in [3.8, 4) is 0 Å². The molecule has 104 valence electrons. The molecule has 0 saturated heterocycles. The van der Waals surface area contributed by atoms with Gasteiger partial charge in [-0.1, -0.05) is 30.5 Å². The molecule has 4 heteroatoms. The molecule has 1 N–H and O–H groups in total. The van der Waals surface area contributed by atoms with E-state index in [9.17, 15) is 9.59 Å². The van der Waals surface area contributed by atoms with Gasteiger partial charge in [-0.2, -0.15) is 0 Å². The number of nitrogens with one attached hydrogen (secondary N) is 1. The van der Waals surface area contributed by atoms with Crippen LogP contribution in [0.5, 0.6) is 0 Å². The number of aryl methyl sites for hydroxylation is 1. The van der Waals surface area contributed by atoms with E-state index in [4.69, 9.17) is 4.42 Å². The zero-order chi connectivity index (χ0) is 14.1. The van der Waals surface area contributed by atoms with Crippen LogP contribution < -0.4 is 10.9 Å². The largest absolute Gasteiger partial charge is 0.417 e. The lowest BCUT2D eigenvalue weighted by Gasteiger charge is -2.11. The van der Waals surface area contributed by atoms with Gasteiger partial charge in [-0.25, -0.2) is 4.79 Å². The van der Waals surface area contributed by atoms with Gasteiger partial charge < -0.3 is 9.73 Å². The minimum absolute atomic E-state index is 0.0956. The van der Waals surface area contributed by atoms with Gasteiger partial charge in [-0.15, -0.1) is 0 Å². The normalized spacial score (nSPS) is 15.7. The van der Waals surface area contributed by atoms with E-state index >= 15 is 0 Å². The van der Waals surface area contributed by atoms with Gasteiger partial charge in [0, 0.05) is 6.04 Å². The minimum atomic E-state index is -0.456. The van der Waals surface area contributed by atoms with E-state index in [-0.39, 0.29) is 17.7 Å². The summed E-state index contributed by atoms with van der Waals surface area (Å²) in [5.41, 5.74) is 0.538. The van der Waals surface area contributed by atoms with Crippen LogP contribution in [0.3, 0.4) is 0 Å². The van der Waals surface area contributed by atoms with Crippen molar-refractivity contribution in [1.82, 2.24) is 5.32 Å². The van der Waals surface area contributed by atoms with Gasteiger partial charge in [-0.05, 0) is 37.3 Å². The number of rotatable bonds is 2. The van der Waals surface area contributed by atoms with E-state index in [0.29, 0.717) is 5.39 Å². The van der Waals surface area contributed by atoms with Crippen molar-refractivity contribution in [2.75, 3.05) is 0 Å². The number of carbonyl (C=O) groups excluding carboxylic acids is 1. The van der Waals surface area contributed by atoms with Crippen LogP contribution in [0, 0.1) is 6.92 Å². The number of benzene rings is 1. The lowest BCUT2D eigenvalue weighted by Crippen LogP contribution is -2.33. The molecule has 0 atom stereocenters. The summed E-state index contributed by atoms with van der Waals surface area (Å²) in [5.74, 6) is -0.199. The molecule has 1 saturated carbocycles. The molecule has 1 aliphatic carbocycles. The van der Waals surface area contributed by atoms with Crippen LogP contribution >= 0.6 is 0 Å². The zero-order valence-corrected chi connectivity index (χ0v) is 11.4. The fourth-order valence-electron chi connectivity index (χ4n) is 2.74. The number of carbonyl (C=O) groups is 1. The van der Waals surface area contributed by atoms with E-state index in [1.165, 1.54) is 0 Å². The van der Waals surface area contributed by atoms with Crippen LogP contribution in [0.25, 0.3) is 10.8 Å². The highest BCUT2D eigenvalue weighted by Crippen LogP contribution is 2.19. The molecule has 2 aromatic rings. The summed E-state index contributed by atoms with van der Waals surface area (Å²) < 4.78 is 5.15. The maximum Gasteiger partial charge on any atom is 0.344 e. The fourth-order valence-corrected chi connectivity index (χ4v) is 2.74. The molecule has 0 radical (unpaired) electrons. The first-order chi connectivity index (χ1) is 9.63. The fraction of sp³-hybridized carbons (Fsp3) is 0.375. The van der Waals surface area contributed by atoms with Gasteiger partial charge >= 0.3 is 5.63 Å². The maximum absolute atomic E-state index is 12.1. The van der Waals surface area contributed by atoms with E-state index < -0.39 is 5.63 Å². The van der Waals surface area contributed by atoms with Crippen molar-refractivity contribution >= 4 is 16.7 Å². The van der Waals surface area contributed by atoms with Gasteiger partial charge in [0.15, 0.2) is 5.76 Å². The summed E-state index contributed by atoms with van der Waals surface area (Å²) in [5, 5.41) is 4.18. The second-order valence-electron chi connectivity index (χ2n) is 5.44. The third-order valence-corrected chi connectivity index (χ3v) is 3.83. The average Bonchev–Trinajstić information content (AvgIpc) is 2.92. The van der Waals surface area contributed by atoms with Crippen LogP contribution in [0.1, 0.15) is 41.8 Å². The molecular weight excluding hydrogens is 254 g/mol. The standard InChI is InChI=1S/C16H17NO3/c1-10-6-7-11-9-14(20-16(19)13(11)8-10)15(18)17-12-4-2-3-5-12/h6-9,12H,2-5H2,1H3,(H,17,18). The second-order valence-corrected chi connectivity index (χ2v) is 5.44. The van der Waals surface area contributed by atoms with Crippen molar-refractivity contribution in [2.45, 2.75) is 38.6 Å². The minimum Gasteiger partial charge on any atom is -0.417 e.